The van der Waals surface area contributed by atoms with Crippen LogP contribution in [0.3, 0.4) is 0 Å². The highest BCUT2D eigenvalue weighted by Gasteiger charge is 2.39. The molecule has 0 amide bonds. The third kappa shape index (κ3) is 6.03. The second kappa shape index (κ2) is 10.3. The molecule has 1 atom stereocenters. The Morgan fingerprint density at radius 1 is 1.14 bits per heavy atom. The van der Waals surface area contributed by atoms with Crippen molar-refractivity contribution in [1.29, 1.82) is 0 Å². The van der Waals surface area contributed by atoms with Crippen molar-refractivity contribution in [3.05, 3.63) is 70.3 Å². The van der Waals surface area contributed by atoms with Gasteiger partial charge in [0.15, 0.2) is 5.78 Å². The molecular formula is C23H20ClF3N2O4S2. The molecule has 1 fully saturated rings. The number of carbonyl (C=O) groups is 1. The lowest BCUT2D eigenvalue weighted by atomic mass is 10.0. The summed E-state index contributed by atoms with van der Waals surface area (Å²) in [6, 6.07) is 9.68. The average molecular weight is 545 g/mol. The molecule has 6 nitrogen and oxygen atoms in total. The van der Waals surface area contributed by atoms with Crippen LogP contribution in [0.1, 0.15) is 30.5 Å². The van der Waals surface area contributed by atoms with Gasteiger partial charge in [-0.05, 0) is 61.7 Å². The molecule has 3 aromatic rings. The first-order valence-electron chi connectivity index (χ1n) is 10.6. The van der Waals surface area contributed by atoms with Crippen molar-refractivity contribution in [1.82, 2.24) is 9.29 Å². The van der Waals surface area contributed by atoms with E-state index in [0.717, 1.165) is 23.5 Å². The van der Waals surface area contributed by atoms with Crippen molar-refractivity contribution in [3.8, 4) is 11.5 Å². The number of pyridine rings is 1. The largest absolute Gasteiger partial charge is 0.457 e. The number of sulfonamides is 1. The van der Waals surface area contributed by atoms with Gasteiger partial charge in [-0.2, -0.15) is 17.5 Å². The Kier molecular flexibility index (Phi) is 7.51. The van der Waals surface area contributed by atoms with E-state index in [4.69, 9.17) is 16.3 Å². The van der Waals surface area contributed by atoms with Crippen LogP contribution in [0.4, 0.5) is 13.2 Å². The molecule has 0 N–H and O–H groups in total. The molecule has 0 aliphatic carbocycles. The van der Waals surface area contributed by atoms with Gasteiger partial charge in [0, 0.05) is 30.9 Å². The van der Waals surface area contributed by atoms with Gasteiger partial charge in [0.1, 0.15) is 15.7 Å². The molecule has 3 heterocycles. The molecule has 4 rings (SSSR count). The normalized spacial score (nSPS) is 17.0. The highest BCUT2D eigenvalue weighted by atomic mass is 35.5. The van der Waals surface area contributed by atoms with Crippen molar-refractivity contribution in [2.45, 2.75) is 42.1 Å². The number of halogens is 4. The molecule has 1 aliphatic rings. The molecule has 0 radical (unpaired) electrons. The Morgan fingerprint density at radius 3 is 2.54 bits per heavy atom. The maximum atomic E-state index is 13.0. The topological polar surface area (TPSA) is 76.6 Å². The second-order valence-electron chi connectivity index (χ2n) is 7.91. The lowest BCUT2D eigenvalue weighted by Gasteiger charge is -2.22. The van der Waals surface area contributed by atoms with Crippen LogP contribution in [0.2, 0.25) is 4.34 Å². The second-order valence-corrected chi connectivity index (χ2v) is 11.7. The maximum Gasteiger partial charge on any atom is 0.416 e. The van der Waals surface area contributed by atoms with Gasteiger partial charge in [0.05, 0.1) is 15.9 Å². The number of Topliss-reactive ketones (excluding diaryl/α,β-unsaturated/α-hetero) is 1. The number of alkyl halides is 3. The zero-order chi connectivity index (χ0) is 25.2. The van der Waals surface area contributed by atoms with E-state index in [1.165, 1.54) is 34.8 Å². The van der Waals surface area contributed by atoms with Gasteiger partial charge in [-0.1, -0.05) is 11.6 Å². The standard InChI is InChI=1S/C23H20ClF3N2O4S2/c24-21-9-10-22(34-21)35(31,32)29-13-1-2-19(29)20(30)8-5-16-14-18(11-12-28-16)33-17-6-3-15(4-7-17)23(25,26)27/h3-4,6-7,9-12,14,19H,1-2,5,8,13H2/t19-/m0/s1. The molecule has 12 heteroatoms. The number of ether oxygens (including phenoxy) is 1. The minimum Gasteiger partial charge on any atom is -0.457 e. The van der Waals surface area contributed by atoms with E-state index in [2.05, 4.69) is 4.98 Å². The summed E-state index contributed by atoms with van der Waals surface area (Å²) >= 11 is 6.84. The van der Waals surface area contributed by atoms with Crippen LogP contribution in [0.15, 0.2) is 58.9 Å². The summed E-state index contributed by atoms with van der Waals surface area (Å²) in [5.41, 5.74) is -0.232. The number of hydrogen-bond donors (Lipinski definition) is 0. The molecule has 0 spiro atoms. The number of hydrogen-bond acceptors (Lipinski definition) is 6. The summed E-state index contributed by atoms with van der Waals surface area (Å²) < 4.78 is 71.4. The van der Waals surface area contributed by atoms with Gasteiger partial charge >= 0.3 is 6.18 Å². The lowest BCUT2D eigenvalue weighted by Crippen LogP contribution is -2.40. The quantitative estimate of drug-likeness (QED) is 0.349. The summed E-state index contributed by atoms with van der Waals surface area (Å²) in [5.74, 6) is 0.387. The third-order valence-corrected chi connectivity index (χ3v) is 9.13. The number of carbonyl (C=O) groups excluding carboxylic acids is 1. The predicted molar refractivity (Wildman–Crippen MR) is 125 cm³/mol. The van der Waals surface area contributed by atoms with E-state index in [-0.39, 0.29) is 35.1 Å². The van der Waals surface area contributed by atoms with E-state index < -0.39 is 27.8 Å². The van der Waals surface area contributed by atoms with Crippen LogP contribution in [-0.4, -0.2) is 36.1 Å². The van der Waals surface area contributed by atoms with Gasteiger partial charge in [0.25, 0.3) is 10.0 Å². The van der Waals surface area contributed by atoms with Crippen molar-refractivity contribution < 1.29 is 31.1 Å². The van der Waals surface area contributed by atoms with Crippen LogP contribution in [0.5, 0.6) is 11.5 Å². The van der Waals surface area contributed by atoms with Crippen LogP contribution in [0.25, 0.3) is 0 Å². The molecule has 0 bridgehead atoms. The molecular weight excluding hydrogens is 525 g/mol. The number of aryl methyl sites for hydroxylation is 1. The van der Waals surface area contributed by atoms with Crippen molar-refractivity contribution in [2.75, 3.05) is 6.54 Å². The van der Waals surface area contributed by atoms with E-state index in [1.807, 2.05) is 0 Å². The number of thiophene rings is 1. The molecule has 1 aromatic carbocycles. The summed E-state index contributed by atoms with van der Waals surface area (Å²) in [6.07, 6.45) is -1.58. The zero-order valence-corrected chi connectivity index (χ0v) is 20.6. The molecule has 0 unspecified atom stereocenters. The van der Waals surface area contributed by atoms with Crippen LogP contribution in [-0.2, 0) is 27.4 Å². The minimum absolute atomic E-state index is 0.0820. The molecule has 2 aromatic heterocycles. The van der Waals surface area contributed by atoms with Crippen molar-refractivity contribution >= 4 is 38.7 Å². The highest BCUT2D eigenvalue weighted by Crippen LogP contribution is 2.33. The lowest BCUT2D eigenvalue weighted by molar-refractivity contribution is -0.137. The SMILES string of the molecule is O=C(CCc1cc(Oc2ccc(C(F)(F)F)cc2)ccn1)[C@@H]1CCCN1S(=O)(=O)c1ccc(Cl)s1. The highest BCUT2D eigenvalue weighted by molar-refractivity contribution is 7.91. The molecule has 0 saturated carbocycles. The van der Waals surface area contributed by atoms with Crippen molar-refractivity contribution in [2.24, 2.45) is 0 Å². The minimum atomic E-state index is -4.43. The summed E-state index contributed by atoms with van der Waals surface area (Å²) in [6.45, 7) is 0.267. The van der Waals surface area contributed by atoms with Gasteiger partial charge in [-0.15, -0.1) is 11.3 Å². The van der Waals surface area contributed by atoms with Gasteiger partial charge in [0.2, 0.25) is 0 Å². The van der Waals surface area contributed by atoms with Gasteiger partial charge in [-0.3, -0.25) is 9.78 Å². The Balaban J connectivity index is 1.39. The zero-order valence-electron chi connectivity index (χ0n) is 18.2. The van der Waals surface area contributed by atoms with Crippen LogP contribution < -0.4 is 4.74 Å². The average Bonchev–Trinajstić information content (AvgIpc) is 3.48. The van der Waals surface area contributed by atoms with Gasteiger partial charge in [-0.25, -0.2) is 8.42 Å². The first kappa shape index (κ1) is 25.6. The number of benzene rings is 1. The predicted octanol–water partition coefficient (Wildman–Crippen LogP) is 5.96. The Hall–Kier alpha value is -2.47. The summed E-state index contributed by atoms with van der Waals surface area (Å²) in [4.78, 5) is 17.1. The van der Waals surface area contributed by atoms with Gasteiger partial charge < -0.3 is 4.74 Å². The number of aromatic nitrogens is 1. The first-order valence-corrected chi connectivity index (χ1v) is 13.3. The number of rotatable bonds is 8. The fourth-order valence-electron chi connectivity index (χ4n) is 3.82. The first-order chi connectivity index (χ1) is 16.5. The fourth-order valence-corrected chi connectivity index (χ4v) is 7.11. The van der Waals surface area contributed by atoms with E-state index in [0.29, 0.717) is 28.6 Å². The Labute approximate surface area is 209 Å². The third-order valence-electron chi connectivity index (χ3n) is 5.52. The van der Waals surface area contributed by atoms with E-state index in [9.17, 15) is 26.4 Å². The number of nitrogens with zero attached hydrogens (tertiary/aromatic N) is 2. The Morgan fingerprint density at radius 2 is 1.89 bits per heavy atom. The van der Waals surface area contributed by atoms with E-state index >= 15 is 0 Å². The van der Waals surface area contributed by atoms with Crippen LogP contribution in [0, 0.1) is 0 Å². The number of ketones is 1. The molecule has 1 aliphatic heterocycles. The van der Waals surface area contributed by atoms with E-state index in [1.54, 1.807) is 12.1 Å². The molecule has 35 heavy (non-hydrogen) atoms. The summed E-state index contributed by atoms with van der Waals surface area (Å²) in [5, 5.41) is 0. The molecule has 1 saturated heterocycles. The maximum absolute atomic E-state index is 13.0. The monoisotopic (exact) mass is 544 g/mol. The Bertz CT molecular complexity index is 1310. The summed E-state index contributed by atoms with van der Waals surface area (Å²) in [7, 11) is -3.81. The fraction of sp³-hybridized carbons (Fsp3) is 0.304. The smallest absolute Gasteiger partial charge is 0.416 e. The van der Waals surface area contributed by atoms with Crippen molar-refractivity contribution in [3.63, 3.8) is 0 Å². The molecule has 186 valence electrons. The van der Waals surface area contributed by atoms with Crippen LogP contribution >= 0.6 is 22.9 Å².